The van der Waals surface area contributed by atoms with Crippen LogP contribution in [0.3, 0.4) is 0 Å². The average Bonchev–Trinajstić information content (AvgIpc) is 2.09. The third-order valence-corrected chi connectivity index (χ3v) is 3.10. The zero-order valence-corrected chi connectivity index (χ0v) is 12.9. The van der Waals surface area contributed by atoms with Crippen molar-refractivity contribution in [2.45, 2.75) is 38.4 Å². The number of aliphatic hydroxyl groups excluding tert-OH is 1. The summed E-state index contributed by atoms with van der Waals surface area (Å²) in [7, 11) is 0. The number of carbonyl (C=O) groups excluding carboxylic acids is 2. The topological polar surface area (TPSA) is 54.4 Å². The van der Waals surface area contributed by atoms with Crippen LogP contribution in [0, 0.1) is 6.61 Å². The van der Waals surface area contributed by atoms with Gasteiger partial charge < -0.3 is 5.11 Å². The van der Waals surface area contributed by atoms with Gasteiger partial charge in [-0.1, -0.05) is 6.42 Å². The van der Waals surface area contributed by atoms with Crippen LogP contribution in [-0.2, 0) is 42.3 Å². The van der Waals surface area contributed by atoms with E-state index in [1.54, 1.807) is 6.92 Å². The third kappa shape index (κ3) is 12.7. The molecular formula is C10H17O3SY-. The molecule has 15 heavy (non-hydrogen) atoms. The van der Waals surface area contributed by atoms with Gasteiger partial charge in [0.25, 0.3) is 0 Å². The summed E-state index contributed by atoms with van der Waals surface area (Å²) in [5.41, 5.74) is 0. The average molecular weight is 306 g/mol. The minimum atomic E-state index is 0. The van der Waals surface area contributed by atoms with Crippen LogP contribution in [0.4, 0.5) is 0 Å². The molecule has 1 unspecified atom stereocenters. The quantitative estimate of drug-likeness (QED) is 0.697. The van der Waals surface area contributed by atoms with E-state index in [0.29, 0.717) is 18.6 Å². The van der Waals surface area contributed by atoms with Gasteiger partial charge in [0.2, 0.25) is 0 Å². The molecule has 85 valence electrons. The monoisotopic (exact) mass is 306 g/mol. The largest absolute Gasteiger partial charge is 0.566 e. The molecule has 0 aromatic carbocycles. The second-order valence-corrected chi connectivity index (χ2v) is 4.59. The van der Waals surface area contributed by atoms with E-state index in [0.717, 1.165) is 13.0 Å². The molecule has 0 amide bonds. The van der Waals surface area contributed by atoms with Crippen molar-refractivity contribution in [1.29, 1.82) is 0 Å². The van der Waals surface area contributed by atoms with Gasteiger partial charge in [-0.25, -0.2) is 6.61 Å². The molecule has 0 aliphatic carbocycles. The number of hydrogen-bond acceptors (Lipinski definition) is 4. The molecule has 0 aromatic rings. The van der Waals surface area contributed by atoms with Crippen LogP contribution in [0.25, 0.3) is 0 Å². The van der Waals surface area contributed by atoms with Gasteiger partial charge in [-0.15, -0.1) is 0 Å². The molecule has 0 aromatic heterocycles. The maximum Gasteiger partial charge on any atom is 0.139 e. The summed E-state index contributed by atoms with van der Waals surface area (Å²) in [5.74, 6) is 0.698. The van der Waals surface area contributed by atoms with E-state index < -0.39 is 0 Å². The van der Waals surface area contributed by atoms with Crippen molar-refractivity contribution < 1.29 is 47.4 Å². The Labute approximate surface area is 121 Å². The minimum Gasteiger partial charge on any atom is -0.566 e. The van der Waals surface area contributed by atoms with Crippen LogP contribution in [0.1, 0.15) is 33.1 Å². The van der Waals surface area contributed by atoms with Crippen LogP contribution >= 0.6 is 11.8 Å². The molecular weight excluding hydrogens is 289 g/mol. The summed E-state index contributed by atoms with van der Waals surface area (Å²) in [6.45, 7) is 4.18. The van der Waals surface area contributed by atoms with Gasteiger partial charge in [0, 0.05) is 44.4 Å². The van der Waals surface area contributed by atoms with Crippen molar-refractivity contribution >= 4 is 23.3 Å². The van der Waals surface area contributed by atoms with E-state index in [2.05, 4.69) is 0 Å². The molecule has 0 fully saturated rings. The number of hydrogen-bond donors (Lipinski definition) is 1. The number of Topliss-reactive ketones (excluding diaryl/α,β-unsaturated/α-hetero) is 2. The summed E-state index contributed by atoms with van der Waals surface area (Å²) >= 11 is 1.50. The Kier molecular flexibility index (Phi) is 13.6. The summed E-state index contributed by atoms with van der Waals surface area (Å²) in [6, 6.07) is 0. The Bertz CT molecular complexity index is 197. The standard InChI is InChI=1S/C10H17O3S.Y/c1-8(12)6-10(4-3-5-11)14-7-9(2)13;/h5,10-11H,3-4,6-7H2,1-2H3;/q-1;. The Hall–Kier alpha value is 0.754. The predicted molar refractivity (Wildman–Crippen MR) is 57.7 cm³/mol. The summed E-state index contributed by atoms with van der Waals surface area (Å²) < 4.78 is 0. The van der Waals surface area contributed by atoms with E-state index in [1.165, 1.54) is 18.7 Å². The molecule has 5 heteroatoms. The predicted octanol–water partition coefficient (Wildman–Crippen LogP) is 1.97. The van der Waals surface area contributed by atoms with E-state index in [9.17, 15) is 9.59 Å². The van der Waals surface area contributed by atoms with Crippen molar-refractivity contribution in [3.05, 3.63) is 6.61 Å². The smallest absolute Gasteiger partial charge is 0.139 e. The van der Waals surface area contributed by atoms with E-state index in [1.807, 2.05) is 0 Å². The minimum absolute atomic E-state index is 0. The first-order valence-corrected chi connectivity index (χ1v) is 5.67. The Morgan fingerprint density at radius 3 is 2.33 bits per heavy atom. The van der Waals surface area contributed by atoms with E-state index >= 15 is 0 Å². The summed E-state index contributed by atoms with van der Waals surface area (Å²) in [6.07, 6.45) is 1.79. The fraction of sp³-hybridized carbons (Fsp3) is 0.700. The molecule has 0 heterocycles. The van der Waals surface area contributed by atoms with Crippen molar-refractivity contribution in [2.24, 2.45) is 0 Å². The van der Waals surface area contributed by atoms with Crippen LogP contribution < -0.4 is 0 Å². The van der Waals surface area contributed by atoms with Gasteiger partial charge >= 0.3 is 0 Å². The normalized spacial score (nSPS) is 11.7. The van der Waals surface area contributed by atoms with E-state index in [-0.39, 0.29) is 49.5 Å². The first-order chi connectivity index (χ1) is 6.56. The van der Waals surface area contributed by atoms with Crippen molar-refractivity contribution in [1.82, 2.24) is 0 Å². The van der Waals surface area contributed by atoms with Gasteiger partial charge in [-0.3, -0.25) is 9.59 Å². The zero-order chi connectivity index (χ0) is 11.0. The zero-order valence-electron chi connectivity index (χ0n) is 9.23. The van der Waals surface area contributed by atoms with Gasteiger partial charge in [0.05, 0.1) is 5.75 Å². The second-order valence-electron chi connectivity index (χ2n) is 3.30. The van der Waals surface area contributed by atoms with Crippen LogP contribution in [0.15, 0.2) is 0 Å². The van der Waals surface area contributed by atoms with Crippen LogP contribution in [-0.4, -0.2) is 27.7 Å². The number of carbonyl (C=O) groups is 2. The Morgan fingerprint density at radius 2 is 1.93 bits per heavy atom. The van der Waals surface area contributed by atoms with Crippen molar-refractivity contribution in [3.8, 4) is 0 Å². The van der Waals surface area contributed by atoms with Crippen molar-refractivity contribution in [3.63, 3.8) is 0 Å². The van der Waals surface area contributed by atoms with Gasteiger partial charge in [0.15, 0.2) is 0 Å². The SMILES string of the molecule is CC(=O)CSC(CC[CH-]O)CC(C)=O.[Y]. The Morgan fingerprint density at radius 1 is 1.33 bits per heavy atom. The molecule has 0 saturated heterocycles. The molecule has 0 aliphatic heterocycles. The molecule has 0 saturated carbocycles. The molecule has 1 atom stereocenters. The molecule has 0 spiro atoms. The number of thioether (sulfide) groups is 1. The fourth-order valence-corrected chi connectivity index (χ4v) is 2.19. The van der Waals surface area contributed by atoms with E-state index in [4.69, 9.17) is 5.11 Å². The summed E-state index contributed by atoms with van der Waals surface area (Å²) in [5, 5.41) is 8.69. The molecule has 0 rings (SSSR count). The Balaban J connectivity index is 0. The molecule has 1 radical (unpaired) electrons. The third-order valence-electron chi connectivity index (χ3n) is 1.66. The maximum atomic E-state index is 10.9. The molecule has 0 bridgehead atoms. The maximum absolute atomic E-state index is 10.9. The number of rotatable bonds is 8. The molecule has 0 aliphatic rings. The molecule has 3 nitrogen and oxygen atoms in total. The number of ketones is 2. The van der Waals surface area contributed by atoms with Gasteiger partial charge in [0.1, 0.15) is 11.6 Å². The van der Waals surface area contributed by atoms with Crippen LogP contribution in [0.2, 0.25) is 0 Å². The van der Waals surface area contributed by atoms with Crippen LogP contribution in [0.5, 0.6) is 0 Å². The summed E-state index contributed by atoms with van der Waals surface area (Å²) in [4.78, 5) is 21.6. The second kappa shape index (κ2) is 11.2. The van der Waals surface area contributed by atoms with Gasteiger partial charge in [-0.05, 0) is 13.8 Å². The first-order valence-electron chi connectivity index (χ1n) is 4.62. The van der Waals surface area contributed by atoms with Gasteiger partial charge in [-0.2, -0.15) is 18.2 Å². The molecule has 1 N–H and O–H groups in total. The fourth-order valence-electron chi connectivity index (χ4n) is 1.06. The number of aliphatic hydroxyl groups is 1. The first kappa shape index (κ1) is 18.1. The van der Waals surface area contributed by atoms with Crippen molar-refractivity contribution in [2.75, 3.05) is 5.75 Å².